The lowest BCUT2D eigenvalue weighted by atomic mass is 9.96. The molecule has 3 heterocycles. The van der Waals surface area contributed by atoms with Gasteiger partial charge in [-0.3, -0.25) is 4.79 Å². The smallest absolute Gasteiger partial charge is 0.258 e. The number of hydrogen-bond acceptors (Lipinski definition) is 5. The summed E-state index contributed by atoms with van der Waals surface area (Å²) in [7, 11) is 0. The third kappa shape index (κ3) is 2.77. The number of aryl methyl sites for hydroxylation is 4. The highest BCUT2D eigenvalue weighted by atomic mass is 16.2. The largest absolute Gasteiger partial charge is 0.326 e. The van der Waals surface area contributed by atoms with Crippen molar-refractivity contribution in [2.75, 3.05) is 6.54 Å². The van der Waals surface area contributed by atoms with E-state index in [1.807, 2.05) is 38.7 Å². The van der Waals surface area contributed by atoms with Crippen molar-refractivity contribution in [2.45, 2.75) is 53.0 Å². The molecule has 0 N–H and O–H groups in total. The molecule has 0 saturated carbocycles. The van der Waals surface area contributed by atoms with Gasteiger partial charge in [0.1, 0.15) is 11.4 Å². The molecule has 2 aromatic rings. The van der Waals surface area contributed by atoms with Crippen LogP contribution < -0.4 is 0 Å². The SMILES string of the molecule is Cc1cc(C)nc([C@]2(C)CCCN2C(=O)c2cnc(C)nc2C)n1. The van der Waals surface area contributed by atoms with Gasteiger partial charge in [0.05, 0.1) is 11.3 Å². The second kappa shape index (κ2) is 5.92. The third-order valence-electron chi connectivity index (χ3n) is 4.68. The van der Waals surface area contributed by atoms with Crippen LogP contribution in [0.4, 0.5) is 0 Å². The summed E-state index contributed by atoms with van der Waals surface area (Å²) in [5.74, 6) is 1.35. The van der Waals surface area contributed by atoms with Crippen LogP contribution in [0.1, 0.15) is 58.9 Å². The van der Waals surface area contributed by atoms with E-state index in [2.05, 4.69) is 26.9 Å². The lowest BCUT2D eigenvalue weighted by Gasteiger charge is -2.34. The van der Waals surface area contributed by atoms with Crippen LogP contribution in [0.15, 0.2) is 12.3 Å². The normalized spacial score (nSPS) is 20.5. The van der Waals surface area contributed by atoms with Crippen LogP contribution in [0.5, 0.6) is 0 Å². The first kappa shape index (κ1) is 16.5. The fraction of sp³-hybridized carbons (Fsp3) is 0.500. The zero-order valence-electron chi connectivity index (χ0n) is 14.9. The molecule has 6 heteroatoms. The Hall–Kier alpha value is -2.37. The minimum Gasteiger partial charge on any atom is -0.326 e. The Morgan fingerprint density at radius 3 is 2.42 bits per heavy atom. The predicted molar refractivity (Wildman–Crippen MR) is 90.6 cm³/mol. The number of nitrogens with zero attached hydrogens (tertiary/aromatic N) is 5. The van der Waals surface area contributed by atoms with Crippen molar-refractivity contribution in [1.29, 1.82) is 0 Å². The number of carbonyl (C=O) groups excluding carboxylic acids is 1. The monoisotopic (exact) mass is 325 g/mol. The highest BCUT2D eigenvalue weighted by Gasteiger charge is 2.44. The van der Waals surface area contributed by atoms with Gasteiger partial charge in [-0.1, -0.05) is 0 Å². The van der Waals surface area contributed by atoms with Gasteiger partial charge in [0.15, 0.2) is 5.82 Å². The van der Waals surface area contributed by atoms with Gasteiger partial charge in [-0.25, -0.2) is 19.9 Å². The fourth-order valence-electron chi connectivity index (χ4n) is 3.43. The average molecular weight is 325 g/mol. The Morgan fingerprint density at radius 1 is 1.12 bits per heavy atom. The van der Waals surface area contributed by atoms with Crippen LogP contribution in [-0.4, -0.2) is 37.3 Å². The maximum absolute atomic E-state index is 13.1. The quantitative estimate of drug-likeness (QED) is 0.849. The molecule has 2 aromatic heterocycles. The lowest BCUT2D eigenvalue weighted by molar-refractivity contribution is 0.0601. The van der Waals surface area contributed by atoms with Crippen LogP contribution in [0.25, 0.3) is 0 Å². The highest BCUT2D eigenvalue weighted by molar-refractivity contribution is 5.95. The molecular formula is C18H23N5O. The van der Waals surface area contributed by atoms with Crippen molar-refractivity contribution in [2.24, 2.45) is 0 Å². The Balaban J connectivity index is 2.01. The Kier molecular flexibility index (Phi) is 4.07. The first-order chi connectivity index (χ1) is 11.3. The molecule has 0 radical (unpaired) electrons. The van der Waals surface area contributed by atoms with Gasteiger partial charge in [-0.2, -0.15) is 0 Å². The van der Waals surface area contributed by atoms with E-state index in [9.17, 15) is 4.79 Å². The molecule has 1 amide bonds. The van der Waals surface area contributed by atoms with Crippen molar-refractivity contribution < 1.29 is 4.79 Å². The van der Waals surface area contributed by atoms with E-state index in [0.717, 1.165) is 30.1 Å². The summed E-state index contributed by atoms with van der Waals surface area (Å²) in [6, 6.07) is 1.95. The van der Waals surface area contributed by atoms with Crippen molar-refractivity contribution in [3.8, 4) is 0 Å². The molecule has 126 valence electrons. The zero-order chi connectivity index (χ0) is 17.5. The van der Waals surface area contributed by atoms with Gasteiger partial charge in [0, 0.05) is 24.1 Å². The Morgan fingerprint density at radius 2 is 1.79 bits per heavy atom. The molecule has 0 unspecified atom stereocenters. The number of hydrogen-bond donors (Lipinski definition) is 0. The summed E-state index contributed by atoms with van der Waals surface area (Å²) in [6.45, 7) is 10.3. The molecule has 0 aliphatic carbocycles. The molecule has 1 saturated heterocycles. The molecule has 1 aliphatic rings. The Bertz CT molecular complexity index is 784. The van der Waals surface area contributed by atoms with Crippen LogP contribution in [0.2, 0.25) is 0 Å². The fourth-order valence-corrected chi connectivity index (χ4v) is 3.43. The lowest BCUT2D eigenvalue weighted by Crippen LogP contribution is -2.44. The number of carbonyl (C=O) groups is 1. The number of likely N-dealkylation sites (tertiary alicyclic amines) is 1. The van der Waals surface area contributed by atoms with Gasteiger partial charge in [-0.15, -0.1) is 0 Å². The van der Waals surface area contributed by atoms with E-state index in [1.165, 1.54) is 0 Å². The highest BCUT2D eigenvalue weighted by Crippen LogP contribution is 2.38. The van der Waals surface area contributed by atoms with Crippen molar-refractivity contribution in [3.05, 3.63) is 46.6 Å². The number of amides is 1. The summed E-state index contributed by atoms with van der Waals surface area (Å²) in [6.07, 6.45) is 3.42. The van der Waals surface area contributed by atoms with E-state index < -0.39 is 5.54 Å². The second-order valence-electron chi connectivity index (χ2n) is 6.72. The predicted octanol–water partition coefficient (Wildman–Crippen LogP) is 2.65. The standard InChI is InChI=1S/C18H23N5O/c1-11-9-12(2)21-17(20-11)18(5)7-6-8-23(18)16(24)15-10-19-14(4)22-13(15)3/h9-10H,6-8H2,1-5H3/t18-/m0/s1. The van der Waals surface area contributed by atoms with E-state index in [4.69, 9.17) is 0 Å². The van der Waals surface area contributed by atoms with Gasteiger partial charge >= 0.3 is 0 Å². The molecule has 1 aliphatic heterocycles. The molecule has 24 heavy (non-hydrogen) atoms. The van der Waals surface area contributed by atoms with Crippen molar-refractivity contribution >= 4 is 5.91 Å². The van der Waals surface area contributed by atoms with E-state index in [-0.39, 0.29) is 5.91 Å². The van der Waals surface area contributed by atoms with Crippen LogP contribution >= 0.6 is 0 Å². The molecule has 1 atom stereocenters. The zero-order valence-corrected chi connectivity index (χ0v) is 14.9. The summed E-state index contributed by atoms with van der Waals surface area (Å²) < 4.78 is 0. The van der Waals surface area contributed by atoms with Crippen LogP contribution in [0.3, 0.4) is 0 Å². The van der Waals surface area contributed by atoms with Crippen LogP contribution in [-0.2, 0) is 5.54 Å². The van der Waals surface area contributed by atoms with Gasteiger partial charge in [0.2, 0.25) is 0 Å². The van der Waals surface area contributed by atoms with E-state index >= 15 is 0 Å². The van der Waals surface area contributed by atoms with Crippen molar-refractivity contribution in [3.63, 3.8) is 0 Å². The summed E-state index contributed by atoms with van der Waals surface area (Å²) in [5, 5.41) is 0. The molecular weight excluding hydrogens is 302 g/mol. The van der Waals surface area contributed by atoms with E-state index in [0.29, 0.717) is 23.6 Å². The summed E-state index contributed by atoms with van der Waals surface area (Å²) in [4.78, 5) is 32.8. The number of aromatic nitrogens is 4. The molecule has 0 spiro atoms. The summed E-state index contributed by atoms with van der Waals surface area (Å²) in [5.41, 5.74) is 2.62. The molecule has 0 bridgehead atoms. The topological polar surface area (TPSA) is 71.9 Å². The molecule has 6 nitrogen and oxygen atoms in total. The minimum absolute atomic E-state index is 0.0461. The summed E-state index contributed by atoms with van der Waals surface area (Å²) >= 11 is 0. The second-order valence-corrected chi connectivity index (χ2v) is 6.72. The first-order valence-corrected chi connectivity index (χ1v) is 8.26. The maximum atomic E-state index is 13.1. The van der Waals surface area contributed by atoms with Crippen LogP contribution in [0, 0.1) is 27.7 Å². The van der Waals surface area contributed by atoms with Gasteiger partial charge in [-0.05, 0) is 53.5 Å². The molecule has 1 fully saturated rings. The number of rotatable bonds is 2. The molecule has 0 aromatic carbocycles. The molecule has 3 rings (SSSR count). The van der Waals surface area contributed by atoms with Crippen molar-refractivity contribution in [1.82, 2.24) is 24.8 Å². The van der Waals surface area contributed by atoms with Gasteiger partial charge in [0.25, 0.3) is 5.91 Å². The first-order valence-electron chi connectivity index (χ1n) is 8.26. The maximum Gasteiger partial charge on any atom is 0.258 e. The third-order valence-corrected chi connectivity index (χ3v) is 4.68. The van der Waals surface area contributed by atoms with Gasteiger partial charge < -0.3 is 4.90 Å². The average Bonchev–Trinajstić information content (AvgIpc) is 2.89. The Labute approximate surface area is 142 Å². The van der Waals surface area contributed by atoms with E-state index in [1.54, 1.807) is 6.20 Å². The minimum atomic E-state index is -0.495.